The van der Waals surface area contributed by atoms with Crippen molar-refractivity contribution in [2.75, 3.05) is 0 Å². The summed E-state index contributed by atoms with van der Waals surface area (Å²) in [6.45, 7) is 3.44. The van der Waals surface area contributed by atoms with E-state index in [4.69, 9.17) is 33.7 Å². The van der Waals surface area contributed by atoms with Crippen molar-refractivity contribution < 1.29 is 9.13 Å². The highest BCUT2D eigenvalue weighted by Crippen LogP contribution is 2.33. The van der Waals surface area contributed by atoms with E-state index >= 15 is 0 Å². The fourth-order valence-electron chi connectivity index (χ4n) is 1.78. The Bertz CT molecular complexity index is 644. The number of benzene rings is 2. The molecule has 1 atom stereocenters. The second-order valence-electron chi connectivity index (χ2n) is 4.61. The predicted octanol–water partition coefficient (Wildman–Crippen LogP) is 5.25. The van der Waals surface area contributed by atoms with Gasteiger partial charge in [-0.3, -0.25) is 0 Å². The highest BCUT2D eigenvalue weighted by atomic mass is 35.5. The molecule has 0 fully saturated rings. The number of nitrogens with two attached hydrogens (primary N) is 1. The first kappa shape index (κ1) is 15.1. The summed E-state index contributed by atoms with van der Waals surface area (Å²) in [6.07, 6.45) is 0. The minimum absolute atomic E-state index is 0.307. The van der Waals surface area contributed by atoms with Gasteiger partial charge in [-0.1, -0.05) is 23.2 Å². The lowest BCUT2D eigenvalue weighted by Crippen LogP contribution is -2.08. The minimum atomic E-state index is -0.345. The van der Waals surface area contributed by atoms with Gasteiger partial charge in [-0.25, -0.2) is 4.39 Å². The van der Waals surface area contributed by atoms with Crippen LogP contribution in [0, 0.1) is 12.7 Å². The molecule has 2 aromatic carbocycles. The summed E-state index contributed by atoms with van der Waals surface area (Å²) >= 11 is 11.8. The Kier molecular flexibility index (Phi) is 4.53. The van der Waals surface area contributed by atoms with Gasteiger partial charge in [0.15, 0.2) is 0 Å². The van der Waals surface area contributed by atoms with Gasteiger partial charge in [0, 0.05) is 17.7 Å². The molecule has 2 rings (SSSR count). The van der Waals surface area contributed by atoms with E-state index in [9.17, 15) is 4.39 Å². The molecule has 0 saturated heterocycles. The summed E-state index contributed by atoms with van der Waals surface area (Å²) in [4.78, 5) is 0. The van der Waals surface area contributed by atoms with Gasteiger partial charge in [-0.15, -0.1) is 0 Å². The van der Waals surface area contributed by atoms with Gasteiger partial charge < -0.3 is 10.5 Å². The van der Waals surface area contributed by atoms with Crippen LogP contribution in [-0.4, -0.2) is 0 Å². The van der Waals surface area contributed by atoms with Gasteiger partial charge in [0.05, 0.1) is 10.0 Å². The monoisotopic (exact) mass is 313 g/mol. The van der Waals surface area contributed by atoms with Crippen LogP contribution in [0.4, 0.5) is 4.39 Å². The van der Waals surface area contributed by atoms with Crippen LogP contribution in [0.25, 0.3) is 0 Å². The Morgan fingerprint density at radius 3 is 2.45 bits per heavy atom. The van der Waals surface area contributed by atoms with Crippen LogP contribution in [0.15, 0.2) is 30.3 Å². The molecule has 0 aromatic heterocycles. The molecular weight excluding hydrogens is 300 g/mol. The summed E-state index contributed by atoms with van der Waals surface area (Å²) in [5, 5.41) is 0.840. The van der Waals surface area contributed by atoms with Crippen LogP contribution in [0.3, 0.4) is 0 Å². The van der Waals surface area contributed by atoms with Gasteiger partial charge in [0.25, 0.3) is 0 Å². The van der Waals surface area contributed by atoms with E-state index in [1.54, 1.807) is 38.1 Å². The van der Waals surface area contributed by atoms with Crippen molar-refractivity contribution in [3.63, 3.8) is 0 Å². The maximum atomic E-state index is 13.6. The van der Waals surface area contributed by atoms with Crippen LogP contribution in [0.2, 0.25) is 10.0 Å². The summed E-state index contributed by atoms with van der Waals surface area (Å²) in [5.74, 6) is 0.725. The number of aryl methyl sites for hydroxylation is 1. The Morgan fingerprint density at radius 2 is 1.85 bits per heavy atom. The van der Waals surface area contributed by atoms with E-state index in [0.29, 0.717) is 32.7 Å². The van der Waals surface area contributed by atoms with E-state index in [1.807, 2.05) is 0 Å². The average Bonchev–Trinajstić information content (AvgIpc) is 2.37. The van der Waals surface area contributed by atoms with Gasteiger partial charge in [0.1, 0.15) is 17.3 Å². The van der Waals surface area contributed by atoms with E-state index in [1.165, 1.54) is 6.07 Å². The predicted molar refractivity (Wildman–Crippen MR) is 80.3 cm³/mol. The third-order valence-corrected chi connectivity index (χ3v) is 3.64. The van der Waals surface area contributed by atoms with Crippen molar-refractivity contribution in [1.82, 2.24) is 0 Å². The molecule has 0 aliphatic heterocycles. The highest BCUT2D eigenvalue weighted by Gasteiger charge is 2.13. The molecule has 2 N–H and O–H groups in total. The van der Waals surface area contributed by atoms with Crippen LogP contribution in [0.5, 0.6) is 11.5 Å². The molecule has 0 spiro atoms. The lowest BCUT2D eigenvalue weighted by molar-refractivity contribution is 0.468. The number of rotatable bonds is 3. The van der Waals surface area contributed by atoms with Gasteiger partial charge in [-0.2, -0.15) is 0 Å². The molecule has 20 heavy (non-hydrogen) atoms. The summed E-state index contributed by atoms with van der Waals surface area (Å²) < 4.78 is 19.4. The number of hydrogen-bond acceptors (Lipinski definition) is 2. The van der Waals surface area contributed by atoms with Crippen LogP contribution >= 0.6 is 23.2 Å². The fraction of sp³-hybridized carbons (Fsp3) is 0.200. The standard InChI is InChI=1S/C15H14Cl2FNO/c1-8-5-15(11(9(2)19)7-14(8)18)20-10-3-4-12(16)13(17)6-10/h3-7,9H,19H2,1-2H3. The molecule has 0 saturated carbocycles. The average molecular weight is 314 g/mol. The Hall–Kier alpha value is -1.29. The van der Waals surface area contributed by atoms with Crippen molar-refractivity contribution in [2.45, 2.75) is 19.9 Å². The molecule has 1 unspecified atom stereocenters. The van der Waals surface area contributed by atoms with Crippen LogP contribution < -0.4 is 10.5 Å². The molecule has 0 aliphatic carbocycles. The summed E-state index contributed by atoms with van der Waals surface area (Å²) in [6, 6.07) is 7.61. The molecule has 0 aliphatic rings. The van der Waals surface area contributed by atoms with Gasteiger partial charge >= 0.3 is 0 Å². The van der Waals surface area contributed by atoms with Crippen molar-refractivity contribution >= 4 is 23.2 Å². The number of halogens is 3. The molecule has 5 heteroatoms. The molecule has 0 heterocycles. The maximum absolute atomic E-state index is 13.6. The molecule has 0 radical (unpaired) electrons. The molecule has 2 aromatic rings. The summed E-state index contributed by atoms with van der Waals surface area (Å²) in [5.41, 5.74) is 6.93. The second kappa shape index (κ2) is 6.00. The van der Waals surface area contributed by atoms with Crippen molar-refractivity contribution in [3.05, 3.63) is 57.3 Å². The molecule has 2 nitrogen and oxygen atoms in total. The third kappa shape index (κ3) is 3.23. The minimum Gasteiger partial charge on any atom is -0.457 e. The van der Waals surface area contributed by atoms with Crippen LogP contribution in [-0.2, 0) is 0 Å². The van der Waals surface area contributed by atoms with Gasteiger partial charge in [0.2, 0.25) is 0 Å². The quantitative estimate of drug-likeness (QED) is 0.839. The van der Waals surface area contributed by atoms with Crippen molar-refractivity contribution in [2.24, 2.45) is 5.73 Å². The first-order chi connectivity index (χ1) is 9.38. The fourth-order valence-corrected chi connectivity index (χ4v) is 2.07. The Balaban J connectivity index is 2.41. The first-order valence-corrected chi connectivity index (χ1v) is 6.82. The largest absolute Gasteiger partial charge is 0.457 e. The Morgan fingerprint density at radius 1 is 1.15 bits per heavy atom. The topological polar surface area (TPSA) is 35.2 Å². The molecular formula is C15H14Cl2FNO. The SMILES string of the molecule is Cc1cc(Oc2ccc(Cl)c(Cl)c2)c(C(C)N)cc1F. The van der Waals surface area contributed by atoms with Crippen molar-refractivity contribution in [1.29, 1.82) is 0 Å². The van der Waals surface area contributed by atoms with E-state index in [-0.39, 0.29) is 11.9 Å². The Labute approximate surface area is 127 Å². The zero-order valence-corrected chi connectivity index (χ0v) is 12.6. The second-order valence-corrected chi connectivity index (χ2v) is 5.42. The smallest absolute Gasteiger partial charge is 0.132 e. The normalized spacial score (nSPS) is 12.3. The lowest BCUT2D eigenvalue weighted by Gasteiger charge is -2.15. The maximum Gasteiger partial charge on any atom is 0.132 e. The van der Waals surface area contributed by atoms with E-state index in [0.717, 1.165) is 0 Å². The zero-order valence-electron chi connectivity index (χ0n) is 11.1. The first-order valence-electron chi connectivity index (χ1n) is 6.07. The number of hydrogen-bond donors (Lipinski definition) is 1. The van der Waals surface area contributed by atoms with E-state index in [2.05, 4.69) is 0 Å². The lowest BCUT2D eigenvalue weighted by atomic mass is 10.1. The third-order valence-electron chi connectivity index (χ3n) is 2.90. The molecule has 0 amide bonds. The molecule has 0 bridgehead atoms. The van der Waals surface area contributed by atoms with E-state index < -0.39 is 0 Å². The van der Waals surface area contributed by atoms with Gasteiger partial charge in [-0.05, 0) is 43.7 Å². The van der Waals surface area contributed by atoms with Crippen LogP contribution in [0.1, 0.15) is 24.1 Å². The molecule has 106 valence electrons. The highest BCUT2D eigenvalue weighted by molar-refractivity contribution is 6.42. The zero-order chi connectivity index (χ0) is 14.9. The summed E-state index contributed by atoms with van der Waals surface area (Å²) in [7, 11) is 0. The number of ether oxygens (including phenoxy) is 1. The van der Waals surface area contributed by atoms with Crippen molar-refractivity contribution in [3.8, 4) is 11.5 Å².